The Kier molecular flexibility index (Phi) is 3.85. The first-order chi connectivity index (χ1) is 7.68. The topological polar surface area (TPSA) is 46.3 Å². The zero-order valence-electron chi connectivity index (χ0n) is 10.3. The largest absolute Gasteiger partial charge is 0.343 e. The molecule has 0 aromatic heterocycles. The number of amides is 1. The Hall–Kier alpha value is -0.570. The van der Waals surface area contributed by atoms with Gasteiger partial charge in [-0.2, -0.15) is 0 Å². The smallest absolute Gasteiger partial charge is 0.225 e. The molecular weight excluding hydrogens is 200 g/mol. The molecule has 16 heavy (non-hydrogen) atoms. The van der Waals surface area contributed by atoms with Gasteiger partial charge in [-0.05, 0) is 38.5 Å². The molecule has 2 rings (SSSR count). The van der Waals surface area contributed by atoms with Crippen molar-refractivity contribution in [3.63, 3.8) is 0 Å². The van der Waals surface area contributed by atoms with E-state index in [0.29, 0.717) is 23.9 Å². The van der Waals surface area contributed by atoms with Crippen molar-refractivity contribution in [2.24, 2.45) is 11.7 Å². The normalized spacial score (nSPS) is 31.6. The maximum absolute atomic E-state index is 12.2. The molecule has 0 aromatic rings. The number of carbonyl (C=O) groups excluding carboxylic acids is 1. The lowest BCUT2D eigenvalue weighted by Gasteiger charge is -2.34. The van der Waals surface area contributed by atoms with Crippen LogP contribution in [-0.4, -0.2) is 29.9 Å². The van der Waals surface area contributed by atoms with Gasteiger partial charge < -0.3 is 10.6 Å². The van der Waals surface area contributed by atoms with Gasteiger partial charge in [0, 0.05) is 25.0 Å². The van der Waals surface area contributed by atoms with Crippen molar-refractivity contribution in [2.45, 2.75) is 63.5 Å². The molecule has 92 valence electrons. The van der Waals surface area contributed by atoms with Crippen LogP contribution in [0.4, 0.5) is 0 Å². The quantitative estimate of drug-likeness (QED) is 0.778. The van der Waals surface area contributed by atoms with Gasteiger partial charge in [0.05, 0.1) is 0 Å². The Morgan fingerprint density at radius 1 is 1.06 bits per heavy atom. The third-order valence-electron chi connectivity index (χ3n) is 4.34. The molecule has 0 unspecified atom stereocenters. The van der Waals surface area contributed by atoms with E-state index in [1.807, 2.05) is 11.9 Å². The first kappa shape index (κ1) is 11.9. The highest BCUT2D eigenvalue weighted by atomic mass is 16.2. The third kappa shape index (κ3) is 2.57. The van der Waals surface area contributed by atoms with E-state index in [1.54, 1.807) is 0 Å². The number of nitrogens with two attached hydrogens (primary N) is 1. The van der Waals surface area contributed by atoms with Crippen LogP contribution in [0.1, 0.15) is 51.4 Å². The monoisotopic (exact) mass is 224 g/mol. The molecule has 0 heterocycles. The van der Waals surface area contributed by atoms with Gasteiger partial charge in [0.1, 0.15) is 0 Å². The fourth-order valence-electron chi connectivity index (χ4n) is 3.13. The zero-order valence-corrected chi connectivity index (χ0v) is 10.3. The van der Waals surface area contributed by atoms with E-state index < -0.39 is 0 Å². The highest BCUT2D eigenvalue weighted by Crippen LogP contribution is 2.29. The number of rotatable bonds is 2. The van der Waals surface area contributed by atoms with Gasteiger partial charge in [-0.25, -0.2) is 0 Å². The van der Waals surface area contributed by atoms with E-state index in [0.717, 1.165) is 38.5 Å². The fraction of sp³-hybridized carbons (Fsp3) is 0.923. The highest BCUT2D eigenvalue weighted by Gasteiger charge is 2.30. The minimum atomic E-state index is 0.320. The van der Waals surface area contributed by atoms with Crippen LogP contribution >= 0.6 is 0 Å². The summed E-state index contributed by atoms with van der Waals surface area (Å²) >= 11 is 0. The van der Waals surface area contributed by atoms with Gasteiger partial charge >= 0.3 is 0 Å². The van der Waals surface area contributed by atoms with E-state index in [2.05, 4.69) is 0 Å². The van der Waals surface area contributed by atoms with Gasteiger partial charge in [0.15, 0.2) is 0 Å². The van der Waals surface area contributed by atoms with Crippen molar-refractivity contribution in [1.82, 2.24) is 4.90 Å². The minimum Gasteiger partial charge on any atom is -0.343 e. The fourth-order valence-corrected chi connectivity index (χ4v) is 3.13. The standard InChI is InChI=1S/C13H24N2O/c1-15(12-8-6-11(14)7-9-12)13(16)10-4-2-3-5-10/h10-12H,2-9,14H2,1H3. The Morgan fingerprint density at radius 2 is 1.62 bits per heavy atom. The second kappa shape index (κ2) is 5.17. The average Bonchev–Trinajstić information content (AvgIpc) is 2.81. The van der Waals surface area contributed by atoms with Crippen LogP contribution in [0.5, 0.6) is 0 Å². The van der Waals surface area contributed by atoms with Crippen molar-refractivity contribution in [3.05, 3.63) is 0 Å². The molecule has 2 N–H and O–H groups in total. The summed E-state index contributed by atoms with van der Waals surface area (Å²) < 4.78 is 0. The average molecular weight is 224 g/mol. The molecule has 2 aliphatic rings. The SMILES string of the molecule is CN(C(=O)C1CCCC1)C1CCC(N)CC1. The van der Waals surface area contributed by atoms with Crippen molar-refractivity contribution in [2.75, 3.05) is 7.05 Å². The molecule has 1 amide bonds. The predicted octanol–water partition coefficient (Wildman–Crippen LogP) is 1.90. The molecule has 0 saturated heterocycles. The van der Waals surface area contributed by atoms with E-state index in [4.69, 9.17) is 5.73 Å². The number of hydrogen-bond acceptors (Lipinski definition) is 2. The van der Waals surface area contributed by atoms with E-state index >= 15 is 0 Å². The van der Waals surface area contributed by atoms with Crippen LogP contribution in [-0.2, 0) is 4.79 Å². The summed E-state index contributed by atoms with van der Waals surface area (Å²) in [7, 11) is 1.99. The third-order valence-corrected chi connectivity index (χ3v) is 4.34. The molecule has 0 aromatic carbocycles. The van der Waals surface area contributed by atoms with Crippen molar-refractivity contribution >= 4 is 5.91 Å². The van der Waals surface area contributed by atoms with Crippen molar-refractivity contribution in [3.8, 4) is 0 Å². The van der Waals surface area contributed by atoms with E-state index in [-0.39, 0.29) is 0 Å². The number of hydrogen-bond donors (Lipinski definition) is 1. The minimum absolute atomic E-state index is 0.320. The van der Waals surface area contributed by atoms with Crippen LogP contribution in [0, 0.1) is 5.92 Å². The lowest BCUT2D eigenvalue weighted by molar-refractivity contribution is -0.136. The summed E-state index contributed by atoms with van der Waals surface area (Å²) in [5.74, 6) is 0.707. The molecule has 3 heteroatoms. The van der Waals surface area contributed by atoms with Crippen LogP contribution in [0.25, 0.3) is 0 Å². The molecule has 0 bridgehead atoms. The van der Waals surface area contributed by atoms with Gasteiger partial charge in [-0.15, -0.1) is 0 Å². The maximum atomic E-state index is 12.2. The Balaban J connectivity index is 1.86. The van der Waals surface area contributed by atoms with Crippen molar-refractivity contribution in [1.29, 1.82) is 0 Å². The van der Waals surface area contributed by atoms with E-state index in [1.165, 1.54) is 12.8 Å². The van der Waals surface area contributed by atoms with Gasteiger partial charge in [-0.3, -0.25) is 4.79 Å². The molecule has 3 nitrogen and oxygen atoms in total. The van der Waals surface area contributed by atoms with Gasteiger partial charge in [-0.1, -0.05) is 12.8 Å². The summed E-state index contributed by atoms with van der Waals surface area (Å²) in [6, 6.07) is 0.819. The molecule has 0 spiro atoms. The summed E-state index contributed by atoms with van der Waals surface area (Å²) in [4.78, 5) is 14.2. The van der Waals surface area contributed by atoms with Gasteiger partial charge in [0.2, 0.25) is 5.91 Å². The Bertz CT molecular complexity index is 240. The number of nitrogens with zero attached hydrogens (tertiary/aromatic N) is 1. The first-order valence-corrected chi connectivity index (χ1v) is 6.70. The van der Waals surface area contributed by atoms with Crippen LogP contribution in [0.3, 0.4) is 0 Å². The molecule has 0 aliphatic heterocycles. The molecule has 0 radical (unpaired) electrons. The van der Waals surface area contributed by atoms with E-state index in [9.17, 15) is 4.79 Å². The first-order valence-electron chi connectivity index (χ1n) is 6.70. The second-order valence-corrected chi connectivity index (χ2v) is 5.50. The Labute approximate surface area is 98.4 Å². The predicted molar refractivity (Wildman–Crippen MR) is 65.0 cm³/mol. The number of carbonyl (C=O) groups is 1. The maximum Gasteiger partial charge on any atom is 0.225 e. The summed E-state index contributed by atoms with van der Waals surface area (Å²) in [6.07, 6.45) is 9.02. The molecule has 2 aliphatic carbocycles. The lowest BCUT2D eigenvalue weighted by atomic mass is 9.90. The summed E-state index contributed by atoms with van der Waals surface area (Å²) in [5.41, 5.74) is 5.89. The molecule has 2 saturated carbocycles. The molecule has 0 atom stereocenters. The highest BCUT2D eigenvalue weighted by molar-refractivity contribution is 5.79. The zero-order chi connectivity index (χ0) is 11.5. The van der Waals surface area contributed by atoms with Gasteiger partial charge in [0.25, 0.3) is 0 Å². The van der Waals surface area contributed by atoms with Crippen LogP contribution < -0.4 is 5.73 Å². The second-order valence-electron chi connectivity index (χ2n) is 5.50. The lowest BCUT2D eigenvalue weighted by Crippen LogP contribution is -2.43. The van der Waals surface area contributed by atoms with Crippen LogP contribution in [0.15, 0.2) is 0 Å². The molecular formula is C13H24N2O. The summed E-state index contributed by atoms with van der Waals surface area (Å²) in [6.45, 7) is 0. The molecule has 2 fully saturated rings. The van der Waals surface area contributed by atoms with Crippen LogP contribution in [0.2, 0.25) is 0 Å². The van der Waals surface area contributed by atoms with Crippen molar-refractivity contribution < 1.29 is 4.79 Å². The Morgan fingerprint density at radius 3 is 2.19 bits per heavy atom. The summed E-state index contributed by atoms with van der Waals surface area (Å²) in [5, 5.41) is 0.